The number of benzene rings is 2. The molecule has 0 saturated heterocycles. The van der Waals surface area contributed by atoms with Crippen LogP contribution < -0.4 is 31.8 Å². The van der Waals surface area contributed by atoms with Crippen molar-refractivity contribution in [1.29, 1.82) is 0 Å². The Morgan fingerprint density at radius 1 is 1.30 bits per heavy atom. The zero-order chi connectivity index (χ0) is 26.9. The van der Waals surface area contributed by atoms with Crippen LogP contribution in [0.4, 0.5) is 5.69 Å². The van der Waals surface area contributed by atoms with E-state index in [1.807, 2.05) is 0 Å². The third-order valence-corrected chi connectivity index (χ3v) is 6.44. The Balaban J connectivity index is 1.88. The molecule has 0 saturated carbocycles. The van der Waals surface area contributed by atoms with Crippen LogP contribution in [0.25, 0.3) is 11.0 Å². The number of anilines is 1. The summed E-state index contributed by atoms with van der Waals surface area (Å²) in [6.45, 7) is 3.44. The molecule has 1 aromatic heterocycles. The quantitative estimate of drug-likeness (QED) is 0.141. The van der Waals surface area contributed by atoms with Crippen molar-refractivity contribution < 1.29 is 29.3 Å². The zero-order valence-electron chi connectivity index (χ0n) is 20.9. The first-order valence-electron chi connectivity index (χ1n) is 11.8. The summed E-state index contributed by atoms with van der Waals surface area (Å²) < 4.78 is 17.8. The fraction of sp³-hybridized carbons (Fsp3) is 0.385. The molecule has 4 rings (SSSR count). The van der Waals surface area contributed by atoms with E-state index in [9.17, 15) is 15.0 Å². The lowest BCUT2D eigenvalue weighted by Gasteiger charge is -2.24. The van der Waals surface area contributed by atoms with Crippen LogP contribution in [0.2, 0.25) is 0 Å². The van der Waals surface area contributed by atoms with Crippen LogP contribution in [0.5, 0.6) is 11.5 Å². The number of aliphatic hydroxyl groups is 2. The van der Waals surface area contributed by atoms with Gasteiger partial charge in [-0.2, -0.15) is 0 Å². The summed E-state index contributed by atoms with van der Waals surface area (Å²) in [6, 6.07) is 8.42. The molecule has 8 N–H and O–H groups in total. The van der Waals surface area contributed by atoms with Gasteiger partial charge >= 0.3 is 0 Å². The SMILES string of the molecule is COc1c2c(cc3oc([C@H](O)CCN=C(N)N)c(Cc4ccc(NO)cc4)c(=O)c13)O[C@@H](C(C)(C)O)C2. The minimum atomic E-state index is -1.17. The van der Waals surface area contributed by atoms with Crippen molar-refractivity contribution in [1.82, 2.24) is 0 Å². The average molecular weight is 513 g/mol. The second kappa shape index (κ2) is 10.3. The maximum Gasteiger partial charge on any atom is 0.200 e. The first-order valence-corrected chi connectivity index (χ1v) is 11.8. The second-order valence-electron chi connectivity index (χ2n) is 9.59. The molecular formula is C26H32N4O7. The first-order chi connectivity index (χ1) is 17.5. The molecule has 1 aliphatic rings. The number of hydrogen-bond donors (Lipinski definition) is 6. The van der Waals surface area contributed by atoms with Crippen molar-refractivity contribution in [3.8, 4) is 11.5 Å². The molecular weight excluding hydrogens is 480 g/mol. The van der Waals surface area contributed by atoms with E-state index >= 15 is 0 Å². The van der Waals surface area contributed by atoms with Crippen LogP contribution in [-0.2, 0) is 12.8 Å². The van der Waals surface area contributed by atoms with Gasteiger partial charge in [-0.05, 0) is 31.5 Å². The third kappa shape index (κ3) is 5.33. The Kier molecular flexibility index (Phi) is 7.30. The van der Waals surface area contributed by atoms with Crippen molar-refractivity contribution in [3.05, 3.63) is 63.0 Å². The van der Waals surface area contributed by atoms with E-state index in [2.05, 4.69) is 10.5 Å². The largest absolute Gasteiger partial charge is 0.495 e. The number of aliphatic hydroxyl groups excluding tert-OH is 1. The number of methoxy groups -OCH3 is 1. The van der Waals surface area contributed by atoms with Gasteiger partial charge in [0, 0.05) is 43.0 Å². The number of nitrogens with zero attached hydrogens (tertiary/aromatic N) is 1. The van der Waals surface area contributed by atoms with Crippen LogP contribution in [0.3, 0.4) is 0 Å². The minimum Gasteiger partial charge on any atom is -0.495 e. The molecule has 0 unspecified atom stereocenters. The smallest absolute Gasteiger partial charge is 0.200 e. The monoisotopic (exact) mass is 512 g/mol. The fourth-order valence-electron chi connectivity index (χ4n) is 4.47. The summed E-state index contributed by atoms with van der Waals surface area (Å²) in [5, 5.41) is 30.8. The van der Waals surface area contributed by atoms with Crippen LogP contribution in [0, 0.1) is 0 Å². The molecule has 2 heterocycles. The molecule has 0 fully saturated rings. The van der Waals surface area contributed by atoms with Gasteiger partial charge in [0.2, 0.25) is 0 Å². The molecule has 2 aromatic carbocycles. The van der Waals surface area contributed by atoms with Crippen molar-refractivity contribution in [2.24, 2.45) is 16.5 Å². The topological polar surface area (TPSA) is 186 Å². The van der Waals surface area contributed by atoms with Crippen LogP contribution in [0.1, 0.15) is 48.8 Å². The van der Waals surface area contributed by atoms with Gasteiger partial charge in [-0.3, -0.25) is 20.5 Å². The van der Waals surface area contributed by atoms with Gasteiger partial charge in [0.1, 0.15) is 40.4 Å². The van der Waals surface area contributed by atoms with Crippen molar-refractivity contribution in [2.45, 2.75) is 50.9 Å². The highest BCUT2D eigenvalue weighted by Crippen LogP contribution is 2.43. The number of rotatable bonds is 9. The Hall–Kier alpha value is -3.80. The zero-order valence-corrected chi connectivity index (χ0v) is 20.9. The Morgan fingerprint density at radius 2 is 2.00 bits per heavy atom. The van der Waals surface area contributed by atoms with E-state index in [4.69, 9.17) is 30.6 Å². The van der Waals surface area contributed by atoms with E-state index in [-0.39, 0.29) is 53.1 Å². The third-order valence-electron chi connectivity index (χ3n) is 6.44. The van der Waals surface area contributed by atoms with Gasteiger partial charge in [0.05, 0.1) is 18.4 Å². The standard InChI is InChI=1S/C26H32N4O7/c1-26(2,33)20-11-15-18(36-20)12-19-21(24(15)35-3)22(32)16(10-13-4-6-14(30-34)7-5-13)23(37-19)17(31)8-9-29-25(27)28/h4-7,12,17,20,30-31,33-34H,8-11H2,1-3H3,(H4,27,28,29)/t17-,20-/m1/s1. The molecule has 0 bridgehead atoms. The lowest BCUT2D eigenvalue weighted by Crippen LogP contribution is -2.39. The summed E-state index contributed by atoms with van der Waals surface area (Å²) in [5.74, 6) is 0.742. The van der Waals surface area contributed by atoms with E-state index < -0.39 is 17.8 Å². The second-order valence-corrected chi connectivity index (χ2v) is 9.59. The van der Waals surface area contributed by atoms with E-state index in [0.29, 0.717) is 29.2 Å². The molecule has 37 heavy (non-hydrogen) atoms. The summed E-state index contributed by atoms with van der Waals surface area (Å²) in [4.78, 5) is 17.9. The minimum absolute atomic E-state index is 0.0895. The predicted molar refractivity (Wildman–Crippen MR) is 138 cm³/mol. The highest BCUT2D eigenvalue weighted by Gasteiger charge is 2.38. The Bertz CT molecular complexity index is 1370. The van der Waals surface area contributed by atoms with Gasteiger partial charge in [0.25, 0.3) is 0 Å². The van der Waals surface area contributed by atoms with Crippen molar-refractivity contribution in [2.75, 3.05) is 19.1 Å². The van der Waals surface area contributed by atoms with Gasteiger partial charge in [0.15, 0.2) is 11.4 Å². The number of nitrogens with two attached hydrogens (primary N) is 2. The van der Waals surface area contributed by atoms with E-state index in [1.165, 1.54) is 7.11 Å². The number of fused-ring (bicyclic) bond motifs is 2. The number of ether oxygens (including phenoxy) is 2. The molecule has 0 radical (unpaired) electrons. The number of hydrogen-bond acceptors (Lipinski definition) is 9. The highest BCUT2D eigenvalue weighted by molar-refractivity contribution is 5.88. The molecule has 0 aliphatic carbocycles. The molecule has 1 aliphatic heterocycles. The van der Waals surface area contributed by atoms with Gasteiger partial charge in [-0.15, -0.1) is 0 Å². The summed E-state index contributed by atoms with van der Waals surface area (Å²) in [6.07, 6.45) is -1.08. The van der Waals surface area contributed by atoms with Crippen LogP contribution in [-0.4, -0.2) is 46.7 Å². The number of aliphatic imine (C=N–C) groups is 1. The lowest BCUT2D eigenvalue weighted by molar-refractivity contribution is -0.0229. The summed E-state index contributed by atoms with van der Waals surface area (Å²) in [7, 11) is 1.46. The lowest BCUT2D eigenvalue weighted by atomic mass is 9.94. The summed E-state index contributed by atoms with van der Waals surface area (Å²) in [5.41, 5.74) is 13.8. The highest BCUT2D eigenvalue weighted by atomic mass is 16.5. The Labute approximate surface area is 213 Å². The first kappa shape index (κ1) is 26.3. The van der Waals surface area contributed by atoms with E-state index in [1.54, 1.807) is 44.2 Å². The van der Waals surface area contributed by atoms with Crippen LogP contribution >= 0.6 is 0 Å². The molecule has 2 atom stereocenters. The molecule has 0 spiro atoms. The Morgan fingerprint density at radius 3 is 2.59 bits per heavy atom. The van der Waals surface area contributed by atoms with Gasteiger partial charge in [-0.1, -0.05) is 12.1 Å². The van der Waals surface area contributed by atoms with Crippen LogP contribution in [0.15, 0.2) is 44.5 Å². The predicted octanol–water partition coefficient (Wildman–Crippen LogP) is 1.96. The average Bonchev–Trinajstić information content (AvgIpc) is 3.29. The van der Waals surface area contributed by atoms with Crippen molar-refractivity contribution in [3.63, 3.8) is 0 Å². The van der Waals surface area contributed by atoms with E-state index in [0.717, 1.165) is 5.56 Å². The van der Waals surface area contributed by atoms with Gasteiger partial charge < -0.3 is 35.6 Å². The molecule has 0 amide bonds. The molecule has 11 heteroatoms. The number of nitrogens with one attached hydrogen (secondary N) is 1. The van der Waals surface area contributed by atoms with Crippen molar-refractivity contribution >= 4 is 22.6 Å². The maximum absolute atomic E-state index is 14.0. The maximum atomic E-state index is 14.0. The van der Waals surface area contributed by atoms with Gasteiger partial charge in [-0.25, -0.2) is 0 Å². The molecule has 11 nitrogen and oxygen atoms in total. The normalized spacial score (nSPS) is 15.7. The number of guanidine groups is 1. The molecule has 198 valence electrons. The fourth-order valence-corrected chi connectivity index (χ4v) is 4.47. The summed E-state index contributed by atoms with van der Waals surface area (Å²) >= 11 is 0. The molecule has 3 aromatic rings.